The van der Waals surface area contributed by atoms with Crippen LogP contribution in [0.3, 0.4) is 0 Å². The van der Waals surface area contributed by atoms with E-state index in [0.717, 1.165) is 11.2 Å². The number of nitrogens with zero attached hydrogens (tertiary/aromatic N) is 1. The molecule has 0 aliphatic rings. The highest BCUT2D eigenvalue weighted by atomic mass is 32.1. The molecule has 1 nitrogen and oxygen atoms in total. The van der Waals surface area contributed by atoms with Crippen molar-refractivity contribution in [1.82, 2.24) is 3.96 Å². The van der Waals surface area contributed by atoms with Crippen LogP contribution in [0.15, 0.2) is 24.3 Å². The van der Waals surface area contributed by atoms with Gasteiger partial charge in [0, 0.05) is 11.9 Å². The molecular formula is C9H9NS2. The number of aryl methyl sites for hydroxylation is 1. The Hall–Kier alpha value is -0.670. The van der Waals surface area contributed by atoms with Gasteiger partial charge in [-0.15, -0.1) is 0 Å². The van der Waals surface area contributed by atoms with Crippen LogP contribution in [-0.2, 0) is 6.54 Å². The summed E-state index contributed by atoms with van der Waals surface area (Å²) >= 11 is 7.04. The molecule has 0 saturated carbocycles. The molecule has 3 heteroatoms. The monoisotopic (exact) mass is 195 g/mol. The highest BCUT2D eigenvalue weighted by Crippen LogP contribution is 2.22. The molecule has 0 unspecified atom stereocenters. The summed E-state index contributed by atoms with van der Waals surface area (Å²) in [6.07, 6.45) is 0. The van der Waals surface area contributed by atoms with Crippen LogP contribution >= 0.6 is 23.8 Å². The molecule has 0 saturated heterocycles. The fraction of sp³-hybridized carbons (Fsp3) is 0.222. The van der Waals surface area contributed by atoms with Crippen molar-refractivity contribution in [2.24, 2.45) is 0 Å². The van der Waals surface area contributed by atoms with Crippen LogP contribution in [0, 0.1) is 4.64 Å². The summed E-state index contributed by atoms with van der Waals surface area (Å²) in [5.74, 6) is 0. The molecule has 0 N–H and O–H groups in total. The predicted molar refractivity (Wildman–Crippen MR) is 56.3 cm³/mol. The zero-order valence-electron chi connectivity index (χ0n) is 6.78. The number of fused-ring (bicyclic) bond motifs is 1. The van der Waals surface area contributed by atoms with Crippen LogP contribution in [0.2, 0.25) is 0 Å². The molecule has 0 spiro atoms. The molecule has 0 fully saturated rings. The number of aromatic nitrogens is 1. The van der Waals surface area contributed by atoms with Gasteiger partial charge in [0.1, 0.15) is 4.64 Å². The van der Waals surface area contributed by atoms with Gasteiger partial charge >= 0.3 is 0 Å². The van der Waals surface area contributed by atoms with Crippen molar-refractivity contribution in [1.29, 1.82) is 0 Å². The molecule has 1 aromatic carbocycles. The van der Waals surface area contributed by atoms with Crippen molar-refractivity contribution < 1.29 is 0 Å². The van der Waals surface area contributed by atoms with Gasteiger partial charge < -0.3 is 0 Å². The van der Waals surface area contributed by atoms with Crippen LogP contribution in [0.5, 0.6) is 0 Å². The third kappa shape index (κ3) is 1.09. The zero-order valence-corrected chi connectivity index (χ0v) is 8.41. The first kappa shape index (κ1) is 7.95. The van der Waals surface area contributed by atoms with Crippen LogP contribution in [-0.4, -0.2) is 3.96 Å². The minimum atomic E-state index is 0.970. The lowest BCUT2D eigenvalue weighted by molar-refractivity contribution is 0.832. The second kappa shape index (κ2) is 2.99. The molecule has 1 heterocycles. The fourth-order valence-corrected chi connectivity index (χ4v) is 2.66. The minimum absolute atomic E-state index is 0.970. The highest BCUT2D eigenvalue weighted by Gasteiger charge is 2.00. The van der Waals surface area contributed by atoms with E-state index >= 15 is 0 Å². The van der Waals surface area contributed by atoms with Gasteiger partial charge in [0.25, 0.3) is 0 Å². The standard InChI is InChI=1S/C9H9NS2/c1-2-10-9(11)7-5-3-4-6-8(7)12-10/h3-6H,2H2,1H3. The number of hydrogen-bond acceptors (Lipinski definition) is 2. The van der Waals surface area contributed by atoms with E-state index in [9.17, 15) is 0 Å². The number of rotatable bonds is 1. The van der Waals surface area contributed by atoms with Crippen molar-refractivity contribution >= 4 is 33.8 Å². The lowest BCUT2D eigenvalue weighted by atomic mass is 10.3. The van der Waals surface area contributed by atoms with Gasteiger partial charge in [-0.05, 0) is 13.0 Å². The molecule has 12 heavy (non-hydrogen) atoms. The summed E-state index contributed by atoms with van der Waals surface area (Å²) < 4.78 is 4.39. The van der Waals surface area contributed by atoms with E-state index in [1.54, 1.807) is 11.5 Å². The van der Waals surface area contributed by atoms with Crippen LogP contribution in [0.25, 0.3) is 10.1 Å². The Labute approximate surface area is 80.4 Å². The Kier molecular flexibility index (Phi) is 1.98. The lowest BCUT2D eigenvalue weighted by Crippen LogP contribution is -1.85. The molecule has 0 amide bonds. The molecule has 0 atom stereocenters. The molecule has 0 radical (unpaired) electrons. The largest absolute Gasteiger partial charge is 0.288 e. The second-order valence-corrected chi connectivity index (χ2v) is 4.04. The van der Waals surface area contributed by atoms with E-state index in [-0.39, 0.29) is 0 Å². The maximum absolute atomic E-state index is 5.30. The Morgan fingerprint density at radius 3 is 2.83 bits per heavy atom. The first-order valence-electron chi connectivity index (χ1n) is 3.92. The van der Waals surface area contributed by atoms with E-state index in [4.69, 9.17) is 12.2 Å². The average Bonchev–Trinajstić information content (AvgIpc) is 2.44. The summed E-state index contributed by atoms with van der Waals surface area (Å²) in [7, 11) is 0. The first-order valence-corrected chi connectivity index (χ1v) is 5.10. The Balaban J connectivity index is 2.88. The molecule has 62 valence electrons. The Bertz CT molecular complexity index is 453. The quantitative estimate of drug-likeness (QED) is 0.631. The van der Waals surface area contributed by atoms with E-state index in [1.165, 1.54) is 10.1 Å². The summed E-state index contributed by atoms with van der Waals surface area (Å²) in [6, 6.07) is 8.28. The highest BCUT2D eigenvalue weighted by molar-refractivity contribution is 7.71. The van der Waals surface area contributed by atoms with E-state index < -0.39 is 0 Å². The summed E-state index contributed by atoms with van der Waals surface area (Å²) in [6.45, 7) is 3.09. The average molecular weight is 195 g/mol. The topological polar surface area (TPSA) is 4.93 Å². The van der Waals surface area contributed by atoms with Crippen molar-refractivity contribution in [3.63, 3.8) is 0 Å². The van der Waals surface area contributed by atoms with Crippen LogP contribution in [0.4, 0.5) is 0 Å². The van der Waals surface area contributed by atoms with Gasteiger partial charge in [-0.1, -0.05) is 41.9 Å². The van der Waals surface area contributed by atoms with E-state index in [2.05, 4.69) is 23.0 Å². The summed E-state index contributed by atoms with van der Waals surface area (Å²) in [5.41, 5.74) is 0. The van der Waals surface area contributed by atoms with Crippen molar-refractivity contribution in [2.75, 3.05) is 0 Å². The predicted octanol–water partition coefficient (Wildman–Crippen LogP) is 3.45. The fourth-order valence-electron chi connectivity index (χ4n) is 1.23. The molecule has 2 rings (SSSR count). The molecule has 1 aromatic heterocycles. The van der Waals surface area contributed by atoms with Gasteiger partial charge in [-0.3, -0.25) is 3.96 Å². The van der Waals surface area contributed by atoms with Crippen LogP contribution in [0.1, 0.15) is 6.92 Å². The normalized spacial score (nSPS) is 10.8. The van der Waals surface area contributed by atoms with Gasteiger partial charge in [-0.25, -0.2) is 0 Å². The van der Waals surface area contributed by atoms with E-state index in [0.29, 0.717) is 0 Å². The number of hydrogen-bond donors (Lipinski definition) is 0. The van der Waals surface area contributed by atoms with Gasteiger partial charge in [0.2, 0.25) is 0 Å². The summed E-state index contributed by atoms with van der Waals surface area (Å²) in [4.78, 5) is 0. The smallest absolute Gasteiger partial charge is 0.123 e. The molecule has 0 bridgehead atoms. The van der Waals surface area contributed by atoms with E-state index in [1.807, 2.05) is 12.1 Å². The Morgan fingerprint density at radius 1 is 1.42 bits per heavy atom. The van der Waals surface area contributed by atoms with Crippen molar-refractivity contribution in [2.45, 2.75) is 13.5 Å². The van der Waals surface area contributed by atoms with Crippen LogP contribution < -0.4 is 0 Å². The summed E-state index contributed by atoms with van der Waals surface area (Å²) in [5, 5.41) is 1.21. The minimum Gasteiger partial charge on any atom is -0.288 e. The maximum Gasteiger partial charge on any atom is 0.123 e. The van der Waals surface area contributed by atoms with Gasteiger partial charge in [-0.2, -0.15) is 0 Å². The molecule has 0 aliphatic carbocycles. The van der Waals surface area contributed by atoms with Gasteiger partial charge in [0.05, 0.1) is 4.70 Å². The Morgan fingerprint density at radius 2 is 2.17 bits per heavy atom. The lowest BCUT2D eigenvalue weighted by Gasteiger charge is -1.89. The molecular weight excluding hydrogens is 186 g/mol. The zero-order chi connectivity index (χ0) is 8.55. The van der Waals surface area contributed by atoms with Crippen molar-refractivity contribution in [3.05, 3.63) is 28.9 Å². The SMILES string of the molecule is CCn1sc2ccccc2c1=S. The maximum atomic E-state index is 5.30. The first-order chi connectivity index (χ1) is 5.83. The molecule has 0 aliphatic heterocycles. The van der Waals surface area contributed by atoms with Gasteiger partial charge in [0.15, 0.2) is 0 Å². The third-order valence-corrected chi connectivity index (χ3v) is 3.61. The second-order valence-electron chi connectivity index (χ2n) is 2.59. The molecule has 2 aromatic rings. The van der Waals surface area contributed by atoms with Crippen molar-refractivity contribution in [3.8, 4) is 0 Å². The number of benzene rings is 1. The third-order valence-electron chi connectivity index (χ3n) is 1.84.